The minimum Gasteiger partial charge on any atom is -0.439 e. The van der Waals surface area contributed by atoms with Crippen molar-refractivity contribution in [3.05, 3.63) is 70.6 Å². The fraction of sp³-hybridized carbons (Fsp3) is 0.0588. The van der Waals surface area contributed by atoms with Crippen LogP contribution in [0, 0.1) is 6.92 Å². The first kappa shape index (κ1) is 15.3. The highest BCUT2D eigenvalue weighted by atomic mass is 79.9. The van der Waals surface area contributed by atoms with Gasteiger partial charge >= 0.3 is 0 Å². The number of halogens is 1. The number of benzene rings is 1. The fourth-order valence-corrected chi connectivity index (χ4v) is 2.28. The van der Waals surface area contributed by atoms with E-state index in [1.165, 1.54) is 5.56 Å². The summed E-state index contributed by atoms with van der Waals surface area (Å²) in [5.74, 6) is 0.954. The molecule has 0 aliphatic heterocycles. The highest BCUT2D eigenvalue weighted by molar-refractivity contribution is 9.10. The lowest BCUT2D eigenvalue weighted by Crippen LogP contribution is -2.12. The van der Waals surface area contributed by atoms with Gasteiger partial charge in [-0.15, -0.1) is 0 Å². The summed E-state index contributed by atoms with van der Waals surface area (Å²) in [7, 11) is 0. The summed E-state index contributed by atoms with van der Waals surface area (Å²) in [6.07, 6.45) is 3.26. The number of pyridine rings is 1. The first-order valence-corrected chi connectivity index (χ1v) is 7.75. The van der Waals surface area contributed by atoms with E-state index in [9.17, 15) is 4.79 Å². The van der Waals surface area contributed by atoms with Gasteiger partial charge in [0.15, 0.2) is 0 Å². The zero-order valence-corrected chi connectivity index (χ0v) is 13.9. The van der Waals surface area contributed by atoms with Crippen LogP contribution >= 0.6 is 15.9 Å². The van der Waals surface area contributed by atoms with Crippen molar-refractivity contribution in [3.8, 4) is 11.6 Å². The normalized spacial score (nSPS) is 10.3. The molecule has 1 aromatic carbocycles. The zero-order valence-electron chi connectivity index (χ0n) is 12.3. The minimum atomic E-state index is -0.232. The number of hydrogen-bond donors (Lipinski definition) is 2. The largest absolute Gasteiger partial charge is 0.439 e. The molecule has 0 fully saturated rings. The Labute approximate surface area is 141 Å². The number of anilines is 1. The van der Waals surface area contributed by atoms with Crippen molar-refractivity contribution in [3.63, 3.8) is 0 Å². The predicted molar refractivity (Wildman–Crippen MR) is 91.9 cm³/mol. The molecule has 2 aromatic heterocycles. The third kappa shape index (κ3) is 3.98. The van der Waals surface area contributed by atoms with Crippen molar-refractivity contribution in [2.45, 2.75) is 6.92 Å². The molecule has 0 saturated carbocycles. The van der Waals surface area contributed by atoms with Gasteiger partial charge in [0.05, 0.1) is 11.9 Å². The monoisotopic (exact) mass is 371 g/mol. The van der Waals surface area contributed by atoms with E-state index >= 15 is 0 Å². The van der Waals surface area contributed by atoms with Crippen molar-refractivity contribution in [1.29, 1.82) is 0 Å². The lowest BCUT2D eigenvalue weighted by molar-refractivity contribution is 0.102. The van der Waals surface area contributed by atoms with Crippen molar-refractivity contribution >= 4 is 27.5 Å². The van der Waals surface area contributed by atoms with Gasteiger partial charge in [0.25, 0.3) is 5.91 Å². The summed E-state index contributed by atoms with van der Waals surface area (Å²) in [6, 6.07) is 12.9. The number of aromatic amines is 1. The summed E-state index contributed by atoms with van der Waals surface area (Å²) < 4.78 is 6.47. The molecule has 3 aromatic rings. The molecule has 0 atom stereocenters. The van der Waals surface area contributed by atoms with Crippen LogP contribution in [0.4, 0.5) is 5.69 Å². The molecule has 0 radical (unpaired) electrons. The standard InChI is InChI=1S/C17H14BrN3O2/c1-11-2-5-14(6-3-11)23-16-7-4-13(10-20-16)21-17(22)15-8-12(18)9-19-15/h2-10,19H,1H3,(H,21,22). The van der Waals surface area contributed by atoms with Gasteiger partial charge in [-0.05, 0) is 47.1 Å². The van der Waals surface area contributed by atoms with Gasteiger partial charge in [-0.2, -0.15) is 0 Å². The van der Waals surface area contributed by atoms with Crippen LogP contribution in [0.3, 0.4) is 0 Å². The van der Waals surface area contributed by atoms with Crippen molar-refractivity contribution in [2.75, 3.05) is 5.32 Å². The summed E-state index contributed by atoms with van der Waals surface area (Å²) in [4.78, 5) is 19.1. The second-order valence-electron chi connectivity index (χ2n) is 4.99. The molecule has 0 spiro atoms. The molecule has 5 nitrogen and oxygen atoms in total. The highest BCUT2D eigenvalue weighted by Crippen LogP contribution is 2.21. The van der Waals surface area contributed by atoms with E-state index in [4.69, 9.17) is 4.74 Å². The number of carbonyl (C=O) groups is 1. The van der Waals surface area contributed by atoms with Crippen LogP contribution in [0.5, 0.6) is 11.6 Å². The molecule has 0 unspecified atom stereocenters. The third-order valence-electron chi connectivity index (χ3n) is 3.13. The molecular weight excluding hydrogens is 358 g/mol. The van der Waals surface area contributed by atoms with Gasteiger partial charge in [-0.25, -0.2) is 4.98 Å². The molecule has 0 bridgehead atoms. The lowest BCUT2D eigenvalue weighted by atomic mass is 10.2. The van der Waals surface area contributed by atoms with Crippen molar-refractivity contribution in [2.24, 2.45) is 0 Å². The Morgan fingerprint density at radius 3 is 2.61 bits per heavy atom. The number of nitrogens with zero attached hydrogens (tertiary/aromatic N) is 1. The summed E-state index contributed by atoms with van der Waals surface area (Å²) in [5.41, 5.74) is 2.23. The Morgan fingerprint density at radius 1 is 1.22 bits per heavy atom. The lowest BCUT2D eigenvalue weighted by Gasteiger charge is -2.07. The van der Waals surface area contributed by atoms with E-state index in [1.807, 2.05) is 31.2 Å². The van der Waals surface area contributed by atoms with Gasteiger partial charge in [0.2, 0.25) is 5.88 Å². The average molecular weight is 372 g/mol. The zero-order chi connectivity index (χ0) is 16.2. The van der Waals surface area contributed by atoms with Crippen LogP contribution in [-0.4, -0.2) is 15.9 Å². The molecule has 2 N–H and O–H groups in total. The number of H-pyrrole nitrogens is 1. The van der Waals surface area contributed by atoms with E-state index in [-0.39, 0.29) is 5.91 Å². The fourth-order valence-electron chi connectivity index (χ4n) is 1.94. The molecule has 3 rings (SSSR count). The molecule has 23 heavy (non-hydrogen) atoms. The molecule has 2 heterocycles. The van der Waals surface area contributed by atoms with Crippen LogP contribution in [0.2, 0.25) is 0 Å². The second kappa shape index (κ2) is 6.66. The molecule has 0 aliphatic rings. The number of aryl methyl sites for hydroxylation is 1. The first-order valence-electron chi connectivity index (χ1n) is 6.96. The quantitative estimate of drug-likeness (QED) is 0.707. The SMILES string of the molecule is Cc1ccc(Oc2ccc(NC(=O)c3cc(Br)c[nH]3)cn2)cc1. The van der Waals surface area contributed by atoms with E-state index in [1.54, 1.807) is 30.6 Å². The summed E-state index contributed by atoms with van der Waals surface area (Å²) in [5, 5.41) is 2.76. The van der Waals surface area contributed by atoms with Crippen LogP contribution in [0.25, 0.3) is 0 Å². The topological polar surface area (TPSA) is 67.0 Å². The average Bonchev–Trinajstić information content (AvgIpc) is 2.98. The maximum atomic E-state index is 12.0. The van der Waals surface area contributed by atoms with Crippen molar-refractivity contribution in [1.82, 2.24) is 9.97 Å². The number of hydrogen-bond acceptors (Lipinski definition) is 3. The molecule has 1 amide bonds. The van der Waals surface area contributed by atoms with Gasteiger partial charge < -0.3 is 15.0 Å². The van der Waals surface area contributed by atoms with Gasteiger partial charge in [-0.1, -0.05) is 17.7 Å². The van der Waals surface area contributed by atoms with Crippen LogP contribution in [0.15, 0.2) is 59.3 Å². The number of carbonyl (C=O) groups excluding carboxylic acids is 1. The third-order valence-corrected chi connectivity index (χ3v) is 3.59. The van der Waals surface area contributed by atoms with Gasteiger partial charge in [-0.3, -0.25) is 4.79 Å². The van der Waals surface area contributed by atoms with Crippen LogP contribution < -0.4 is 10.1 Å². The molecule has 0 saturated heterocycles. The number of aromatic nitrogens is 2. The van der Waals surface area contributed by atoms with Crippen molar-refractivity contribution < 1.29 is 9.53 Å². The first-order chi connectivity index (χ1) is 11.1. The summed E-state index contributed by atoms with van der Waals surface area (Å²) >= 11 is 3.29. The Bertz CT molecular complexity index is 811. The van der Waals surface area contributed by atoms with Crippen LogP contribution in [0.1, 0.15) is 16.1 Å². The number of nitrogens with one attached hydrogen (secondary N) is 2. The Balaban J connectivity index is 1.65. The number of rotatable bonds is 4. The second-order valence-corrected chi connectivity index (χ2v) is 5.90. The predicted octanol–water partition coefficient (Wildman–Crippen LogP) is 4.53. The number of ether oxygens (including phenoxy) is 1. The number of amides is 1. The Morgan fingerprint density at radius 2 is 2.00 bits per heavy atom. The van der Waals surface area contributed by atoms with E-state index in [0.717, 1.165) is 10.2 Å². The van der Waals surface area contributed by atoms with E-state index in [2.05, 4.69) is 31.2 Å². The molecule has 0 aliphatic carbocycles. The molecule has 6 heteroatoms. The molecule has 116 valence electrons. The maximum absolute atomic E-state index is 12.0. The highest BCUT2D eigenvalue weighted by Gasteiger charge is 2.08. The van der Waals surface area contributed by atoms with Gasteiger partial charge in [0.1, 0.15) is 11.4 Å². The van der Waals surface area contributed by atoms with E-state index < -0.39 is 0 Å². The molecular formula is C17H14BrN3O2. The van der Waals surface area contributed by atoms with Gasteiger partial charge in [0, 0.05) is 16.7 Å². The van der Waals surface area contributed by atoms with E-state index in [0.29, 0.717) is 17.3 Å². The smallest absolute Gasteiger partial charge is 0.272 e. The Kier molecular flexibility index (Phi) is 4.43. The maximum Gasteiger partial charge on any atom is 0.272 e. The minimum absolute atomic E-state index is 0.232. The Hall–Kier alpha value is -2.60. The van der Waals surface area contributed by atoms with Crippen LogP contribution in [-0.2, 0) is 0 Å². The summed E-state index contributed by atoms with van der Waals surface area (Å²) in [6.45, 7) is 2.02.